The van der Waals surface area contributed by atoms with Gasteiger partial charge in [0.1, 0.15) is 5.75 Å². The van der Waals surface area contributed by atoms with Gasteiger partial charge in [0.15, 0.2) is 5.82 Å². The molecule has 1 heterocycles. The lowest BCUT2D eigenvalue weighted by molar-refractivity contribution is 0.414. The van der Waals surface area contributed by atoms with E-state index in [4.69, 9.17) is 4.74 Å². The normalized spacial score (nSPS) is 14.0. The number of aromatic nitrogens is 2. The Labute approximate surface area is 123 Å². The van der Waals surface area contributed by atoms with E-state index in [1.807, 2.05) is 24.3 Å². The van der Waals surface area contributed by atoms with E-state index < -0.39 is 0 Å². The molecule has 0 radical (unpaired) electrons. The van der Waals surface area contributed by atoms with Gasteiger partial charge in [-0.1, -0.05) is 12.1 Å². The second-order valence-corrected chi connectivity index (χ2v) is 5.24. The minimum Gasteiger partial charge on any atom is -0.497 e. The molecule has 1 aromatic carbocycles. The summed E-state index contributed by atoms with van der Waals surface area (Å²) in [7, 11) is 1.66. The van der Waals surface area contributed by atoms with E-state index in [1.54, 1.807) is 24.1 Å². The Hall–Kier alpha value is -2.30. The first-order chi connectivity index (χ1) is 10.3. The second kappa shape index (κ2) is 5.99. The zero-order valence-electron chi connectivity index (χ0n) is 12.1. The number of ether oxygens (including phenoxy) is 1. The zero-order chi connectivity index (χ0) is 14.7. The van der Waals surface area contributed by atoms with Crippen LogP contribution in [0.25, 0.3) is 0 Å². The van der Waals surface area contributed by atoms with E-state index in [2.05, 4.69) is 10.3 Å². The predicted octanol–water partition coefficient (Wildman–Crippen LogP) is 2.24. The van der Waals surface area contributed by atoms with Crippen LogP contribution in [-0.2, 0) is 6.42 Å². The third-order valence-electron chi connectivity index (χ3n) is 3.67. The standard InChI is InChI=1S/C16H19N3O2/c1-21-14-6-2-12(3-7-14)8-9-17-15-16(20)19(11-10-18-15)13-4-5-13/h2-3,6-7,10-11,13H,4-5,8-9H2,1H3,(H,17,18). The van der Waals surface area contributed by atoms with Gasteiger partial charge in [0.2, 0.25) is 0 Å². The molecule has 1 aliphatic carbocycles. The van der Waals surface area contributed by atoms with Crippen LogP contribution in [0.5, 0.6) is 5.75 Å². The molecule has 5 nitrogen and oxygen atoms in total. The number of nitrogens with one attached hydrogen (secondary N) is 1. The number of benzene rings is 1. The second-order valence-electron chi connectivity index (χ2n) is 5.24. The molecule has 1 N–H and O–H groups in total. The molecule has 0 atom stereocenters. The average molecular weight is 285 g/mol. The maximum Gasteiger partial charge on any atom is 0.293 e. The lowest BCUT2D eigenvalue weighted by Gasteiger charge is -2.08. The zero-order valence-corrected chi connectivity index (χ0v) is 12.1. The highest BCUT2D eigenvalue weighted by molar-refractivity contribution is 5.32. The lowest BCUT2D eigenvalue weighted by Crippen LogP contribution is -2.24. The van der Waals surface area contributed by atoms with Crippen molar-refractivity contribution in [3.05, 3.63) is 52.6 Å². The average Bonchev–Trinajstić information content (AvgIpc) is 3.34. The number of methoxy groups -OCH3 is 1. The predicted molar refractivity (Wildman–Crippen MR) is 82.0 cm³/mol. The third-order valence-corrected chi connectivity index (χ3v) is 3.67. The Morgan fingerprint density at radius 2 is 2.10 bits per heavy atom. The summed E-state index contributed by atoms with van der Waals surface area (Å²) in [5.41, 5.74) is 1.18. The van der Waals surface area contributed by atoms with E-state index >= 15 is 0 Å². The molecule has 0 bridgehead atoms. The van der Waals surface area contributed by atoms with Crippen LogP contribution < -0.4 is 15.6 Å². The SMILES string of the molecule is COc1ccc(CCNc2nccn(C3CC3)c2=O)cc1. The fraction of sp³-hybridized carbons (Fsp3) is 0.375. The highest BCUT2D eigenvalue weighted by Gasteiger charge is 2.25. The summed E-state index contributed by atoms with van der Waals surface area (Å²) in [4.78, 5) is 16.3. The largest absolute Gasteiger partial charge is 0.497 e. The minimum atomic E-state index is -0.0188. The fourth-order valence-corrected chi connectivity index (χ4v) is 2.30. The van der Waals surface area contributed by atoms with Crippen molar-refractivity contribution in [2.45, 2.75) is 25.3 Å². The van der Waals surface area contributed by atoms with Gasteiger partial charge >= 0.3 is 0 Å². The Balaban J connectivity index is 1.60. The van der Waals surface area contributed by atoms with Gasteiger partial charge in [0, 0.05) is 25.0 Å². The number of anilines is 1. The van der Waals surface area contributed by atoms with Crippen LogP contribution in [-0.4, -0.2) is 23.2 Å². The molecular weight excluding hydrogens is 266 g/mol. The van der Waals surface area contributed by atoms with Crippen molar-refractivity contribution < 1.29 is 4.74 Å². The lowest BCUT2D eigenvalue weighted by atomic mass is 10.1. The van der Waals surface area contributed by atoms with Crippen molar-refractivity contribution in [2.75, 3.05) is 19.0 Å². The Morgan fingerprint density at radius 3 is 2.76 bits per heavy atom. The van der Waals surface area contributed by atoms with Crippen molar-refractivity contribution in [2.24, 2.45) is 0 Å². The number of hydrogen-bond donors (Lipinski definition) is 1. The molecule has 0 unspecified atom stereocenters. The minimum absolute atomic E-state index is 0.0188. The van der Waals surface area contributed by atoms with Gasteiger partial charge in [-0.2, -0.15) is 0 Å². The van der Waals surface area contributed by atoms with Crippen LogP contribution in [0.4, 0.5) is 5.82 Å². The Morgan fingerprint density at radius 1 is 1.33 bits per heavy atom. The van der Waals surface area contributed by atoms with Crippen LogP contribution in [0.15, 0.2) is 41.5 Å². The van der Waals surface area contributed by atoms with Crippen molar-refractivity contribution >= 4 is 5.82 Å². The van der Waals surface area contributed by atoms with Gasteiger partial charge in [-0.05, 0) is 37.0 Å². The molecule has 0 spiro atoms. The van der Waals surface area contributed by atoms with E-state index in [1.165, 1.54) is 5.56 Å². The molecule has 2 aromatic rings. The molecule has 1 fully saturated rings. The van der Waals surface area contributed by atoms with E-state index in [9.17, 15) is 4.79 Å². The molecule has 110 valence electrons. The first-order valence-corrected chi connectivity index (χ1v) is 7.22. The van der Waals surface area contributed by atoms with Crippen molar-refractivity contribution in [1.82, 2.24) is 9.55 Å². The van der Waals surface area contributed by atoms with Gasteiger partial charge < -0.3 is 14.6 Å². The number of nitrogens with zero attached hydrogens (tertiary/aromatic N) is 2. The Bertz CT molecular complexity index is 660. The van der Waals surface area contributed by atoms with E-state index in [0.29, 0.717) is 18.4 Å². The molecular formula is C16H19N3O2. The first-order valence-electron chi connectivity index (χ1n) is 7.22. The van der Waals surface area contributed by atoms with E-state index in [-0.39, 0.29) is 5.56 Å². The highest BCUT2D eigenvalue weighted by Crippen LogP contribution is 2.33. The molecule has 1 aliphatic rings. The molecule has 21 heavy (non-hydrogen) atoms. The van der Waals surface area contributed by atoms with Gasteiger partial charge in [0.05, 0.1) is 7.11 Å². The molecule has 0 aliphatic heterocycles. The van der Waals surface area contributed by atoms with Crippen LogP contribution in [0.1, 0.15) is 24.4 Å². The Kier molecular flexibility index (Phi) is 3.90. The summed E-state index contributed by atoms with van der Waals surface area (Å²) in [5.74, 6) is 1.29. The van der Waals surface area contributed by atoms with Gasteiger partial charge in [0.25, 0.3) is 5.56 Å². The van der Waals surface area contributed by atoms with E-state index in [0.717, 1.165) is 25.0 Å². The summed E-state index contributed by atoms with van der Waals surface area (Å²) in [6.45, 7) is 0.684. The summed E-state index contributed by atoms with van der Waals surface area (Å²) < 4.78 is 6.91. The quantitative estimate of drug-likeness (QED) is 0.884. The van der Waals surface area contributed by atoms with Crippen molar-refractivity contribution in [1.29, 1.82) is 0 Å². The highest BCUT2D eigenvalue weighted by atomic mass is 16.5. The molecule has 0 saturated heterocycles. The van der Waals surface area contributed by atoms with Crippen molar-refractivity contribution in [3.8, 4) is 5.75 Å². The summed E-state index contributed by atoms with van der Waals surface area (Å²) in [5, 5.41) is 3.14. The summed E-state index contributed by atoms with van der Waals surface area (Å²) in [6, 6.07) is 8.32. The topological polar surface area (TPSA) is 56.1 Å². The van der Waals surface area contributed by atoms with Gasteiger partial charge in [-0.25, -0.2) is 4.98 Å². The van der Waals surface area contributed by atoms with Crippen LogP contribution in [0, 0.1) is 0 Å². The summed E-state index contributed by atoms with van der Waals surface area (Å²) >= 11 is 0. The number of hydrogen-bond acceptors (Lipinski definition) is 4. The smallest absolute Gasteiger partial charge is 0.293 e. The van der Waals surface area contributed by atoms with Crippen LogP contribution >= 0.6 is 0 Å². The van der Waals surface area contributed by atoms with Crippen molar-refractivity contribution in [3.63, 3.8) is 0 Å². The molecule has 3 rings (SSSR count). The molecule has 1 saturated carbocycles. The maximum atomic E-state index is 12.2. The summed E-state index contributed by atoms with van der Waals surface area (Å²) in [6.07, 6.45) is 6.48. The molecule has 5 heteroatoms. The number of rotatable bonds is 6. The third kappa shape index (κ3) is 3.24. The van der Waals surface area contributed by atoms with Crippen LogP contribution in [0.3, 0.4) is 0 Å². The molecule has 0 amide bonds. The van der Waals surface area contributed by atoms with Gasteiger partial charge in [-0.3, -0.25) is 4.79 Å². The fourth-order valence-electron chi connectivity index (χ4n) is 2.30. The maximum absolute atomic E-state index is 12.2. The monoisotopic (exact) mass is 285 g/mol. The first kappa shape index (κ1) is 13.7. The van der Waals surface area contributed by atoms with Crippen LogP contribution in [0.2, 0.25) is 0 Å². The van der Waals surface area contributed by atoms with Gasteiger partial charge in [-0.15, -0.1) is 0 Å². The molecule has 1 aromatic heterocycles.